The Morgan fingerprint density at radius 2 is 2.57 bits per heavy atom. The van der Waals surface area contributed by atoms with Crippen LogP contribution in [-0.4, -0.2) is 16.9 Å². The highest BCUT2D eigenvalue weighted by atomic mass is 32.1. The number of carbonyl (C=O) groups excluding carboxylic acids is 1. The molecule has 1 aromatic heterocycles. The van der Waals surface area contributed by atoms with Crippen molar-refractivity contribution in [2.45, 2.75) is 25.3 Å². The number of nitrogens with two attached hydrogens (primary N) is 1. The summed E-state index contributed by atoms with van der Waals surface area (Å²) in [7, 11) is 0. The number of aromatic nitrogens is 1. The molecule has 14 heavy (non-hydrogen) atoms. The molecule has 0 saturated heterocycles. The summed E-state index contributed by atoms with van der Waals surface area (Å²) in [5, 5.41) is 5.15. The van der Waals surface area contributed by atoms with E-state index >= 15 is 0 Å². The minimum Gasteiger partial charge on any atom is -0.320 e. The molecule has 1 aromatic rings. The second-order valence-corrected chi connectivity index (χ2v) is 4.51. The SMILES string of the molecule is N[C@@H](CC1CC1)C(=O)Nc1nccs1. The van der Waals surface area contributed by atoms with Crippen molar-refractivity contribution in [2.24, 2.45) is 11.7 Å². The predicted octanol–water partition coefficient (Wildman–Crippen LogP) is 1.21. The lowest BCUT2D eigenvalue weighted by atomic mass is 10.1. The van der Waals surface area contributed by atoms with E-state index in [2.05, 4.69) is 10.3 Å². The molecule has 0 bridgehead atoms. The Bertz CT molecular complexity index is 308. The van der Waals surface area contributed by atoms with E-state index in [1.54, 1.807) is 6.20 Å². The van der Waals surface area contributed by atoms with Gasteiger partial charge in [-0.25, -0.2) is 4.98 Å². The highest BCUT2D eigenvalue weighted by molar-refractivity contribution is 7.13. The van der Waals surface area contributed by atoms with Gasteiger partial charge in [-0.3, -0.25) is 4.79 Å². The van der Waals surface area contributed by atoms with Crippen LogP contribution in [0.5, 0.6) is 0 Å². The Morgan fingerprint density at radius 1 is 1.79 bits per heavy atom. The molecule has 0 aliphatic heterocycles. The zero-order valence-corrected chi connectivity index (χ0v) is 8.59. The van der Waals surface area contributed by atoms with Gasteiger partial charge in [0.15, 0.2) is 5.13 Å². The lowest BCUT2D eigenvalue weighted by molar-refractivity contribution is -0.117. The molecule has 1 aliphatic rings. The zero-order chi connectivity index (χ0) is 9.97. The van der Waals surface area contributed by atoms with Crippen molar-refractivity contribution < 1.29 is 4.79 Å². The average Bonchev–Trinajstić information content (AvgIpc) is 2.81. The van der Waals surface area contributed by atoms with Crippen LogP contribution in [0.25, 0.3) is 0 Å². The summed E-state index contributed by atoms with van der Waals surface area (Å²) in [4.78, 5) is 15.5. The molecule has 4 nitrogen and oxygen atoms in total. The summed E-state index contributed by atoms with van der Waals surface area (Å²) in [5.74, 6) is 0.555. The van der Waals surface area contributed by atoms with Crippen LogP contribution >= 0.6 is 11.3 Å². The number of hydrogen-bond acceptors (Lipinski definition) is 4. The minimum atomic E-state index is -0.383. The largest absolute Gasteiger partial charge is 0.320 e. The molecule has 0 radical (unpaired) electrons. The van der Waals surface area contributed by atoms with E-state index in [1.165, 1.54) is 24.2 Å². The van der Waals surface area contributed by atoms with E-state index < -0.39 is 0 Å². The molecule has 1 amide bonds. The van der Waals surface area contributed by atoms with Crippen LogP contribution < -0.4 is 11.1 Å². The molecule has 0 unspecified atom stereocenters. The molecule has 0 spiro atoms. The summed E-state index contributed by atoms with van der Waals surface area (Å²) >= 11 is 1.40. The van der Waals surface area contributed by atoms with Gasteiger partial charge in [-0.15, -0.1) is 11.3 Å². The Hall–Kier alpha value is -0.940. The van der Waals surface area contributed by atoms with Gasteiger partial charge < -0.3 is 11.1 Å². The maximum Gasteiger partial charge on any atom is 0.243 e. The van der Waals surface area contributed by atoms with E-state index in [1.807, 2.05) is 5.38 Å². The van der Waals surface area contributed by atoms with Crippen LogP contribution in [0.15, 0.2) is 11.6 Å². The quantitative estimate of drug-likeness (QED) is 0.786. The maximum absolute atomic E-state index is 11.5. The summed E-state index contributed by atoms with van der Waals surface area (Å²) in [6, 6.07) is -0.383. The van der Waals surface area contributed by atoms with Gasteiger partial charge in [0.2, 0.25) is 5.91 Å². The third-order valence-electron chi connectivity index (χ3n) is 2.28. The molecule has 1 heterocycles. The van der Waals surface area contributed by atoms with Crippen LogP contribution in [-0.2, 0) is 4.79 Å². The van der Waals surface area contributed by atoms with E-state index in [0.29, 0.717) is 11.0 Å². The van der Waals surface area contributed by atoms with Gasteiger partial charge in [-0.1, -0.05) is 12.8 Å². The van der Waals surface area contributed by atoms with Gasteiger partial charge in [-0.2, -0.15) is 0 Å². The third-order valence-corrected chi connectivity index (χ3v) is 2.97. The fraction of sp³-hybridized carbons (Fsp3) is 0.556. The number of amides is 1. The standard InChI is InChI=1S/C9H13N3OS/c10-7(5-6-1-2-6)8(13)12-9-11-3-4-14-9/h3-4,6-7H,1-2,5,10H2,(H,11,12,13)/t7-/m0/s1. The van der Waals surface area contributed by atoms with E-state index in [0.717, 1.165) is 6.42 Å². The molecule has 1 aliphatic carbocycles. The smallest absolute Gasteiger partial charge is 0.243 e. The molecule has 3 N–H and O–H groups in total. The molecule has 76 valence electrons. The van der Waals surface area contributed by atoms with Crippen molar-refractivity contribution in [3.05, 3.63) is 11.6 Å². The number of nitrogens with one attached hydrogen (secondary N) is 1. The van der Waals surface area contributed by atoms with Gasteiger partial charge in [0.25, 0.3) is 0 Å². The first kappa shape index (κ1) is 9.61. The molecule has 2 rings (SSSR count). The molecule has 5 heteroatoms. The molecule has 1 fully saturated rings. The van der Waals surface area contributed by atoms with Gasteiger partial charge >= 0.3 is 0 Å². The number of carbonyl (C=O) groups is 1. The number of rotatable bonds is 4. The fourth-order valence-corrected chi connectivity index (χ4v) is 1.83. The van der Waals surface area contributed by atoms with Gasteiger partial charge in [-0.05, 0) is 12.3 Å². The van der Waals surface area contributed by atoms with E-state index in [-0.39, 0.29) is 11.9 Å². The Labute approximate surface area is 86.5 Å². The van der Waals surface area contributed by atoms with Crippen LogP contribution in [0.1, 0.15) is 19.3 Å². The summed E-state index contributed by atoms with van der Waals surface area (Å²) in [6.45, 7) is 0. The lowest BCUT2D eigenvalue weighted by Crippen LogP contribution is -2.35. The van der Waals surface area contributed by atoms with Crippen molar-refractivity contribution >= 4 is 22.4 Å². The van der Waals surface area contributed by atoms with Gasteiger partial charge in [0.05, 0.1) is 6.04 Å². The fourth-order valence-electron chi connectivity index (χ4n) is 1.30. The first-order valence-electron chi connectivity index (χ1n) is 4.71. The van der Waals surface area contributed by atoms with Crippen molar-refractivity contribution in [2.75, 3.05) is 5.32 Å². The third kappa shape index (κ3) is 2.52. The minimum absolute atomic E-state index is 0.119. The first-order chi connectivity index (χ1) is 6.75. The number of nitrogens with zero attached hydrogens (tertiary/aromatic N) is 1. The monoisotopic (exact) mass is 211 g/mol. The summed E-state index contributed by atoms with van der Waals surface area (Å²) in [6.07, 6.45) is 4.90. The van der Waals surface area contributed by atoms with Gasteiger partial charge in [0, 0.05) is 11.6 Å². The zero-order valence-electron chi connectivity index (χ0n) is 7.77. The lowest BCUT2D eigenvalue weighted by Gasteiger charge is -2.09. The second kappa shape index (κ2) is 4.06. The molecule has 1 saturated carbocycles. The maximum atomic E-state index is 11.5. The Morgan fingerprint density at radius 3 is 3.14 bits per heavy atom. The highest BCUT2D eigenvalue weighted by Crippen LogP contribution is 2.33. The van der Waals surface area contributed by atoms with E-state index in [4.69, 9.17) is 5.73 Å². The van der Waals surface area contributed by atoms with E-state index in [9.17, 15) is 4.79 Å². The summed E-state index contributed by atoms with van der Waals surface area (Å²) in [5.41, 5.74) is 5.74. The average molecular weight is 211 g/mol. The van der Waals surface area contributed by atoms with Crippen molar-refractivity contribution in [1.82, 2.24) is 4.98 Å². The van der Waals surface area contributed by atoms with Crippen molar-refractivity contribution in [3.8, 4) is 0 Å². The highest BCUT2D eigenvalue weighted by Gasteiger charge is 2.27. The number of anilines is 1. The van der Waals surface area contributed by atoms with Crippen LogP contribution in [0, 0.1) is 5.92 Å². The van der Waals surface area contributed by atoms with Crippen molar-refractivity contribution in [3.63, 3.8) is 0 Å². The number of thiazole rings is 1. The Kier molecular flexibility index (Phi) is 2.79. The predicted molar refractivity (Wildman–Crippen MR) is 56.1 cm³/mol. The molecule has 1 atom stereocenters. The molecular formula is C9H13N3OS. The van der Waals surface area contributed by atoms with Gasteiger partial charge in [0.1, 0.15) is 0 Å². The van der Waals surface area contributed by atoms with Crippen LogP contribution in [0.3, 0.4) is 0 Å². The second-order valence-electron chi connectivity index (χ2n) is 3.61. The first-order valence-corrected chi connectivity index (χ1v) is 5.59. The Balaban J connectivity index is 1.81. The van der Waals surface area contributed by atoms with Crippen molar-refractivity contribution in [1.29, 1.82) is 0 Å². The van der Waals surface area contributed by atoms with Crippen LogP contribution in [0.4, 0.5) is 5.13 Å². The number of hydrogen-bond donors (Lipinski definition) is 2. The molecular weight excluding hydrogens is 198 g/mol. The summed E-state index contributed by atoms with van der Waals surface area (Å²) < 4.78 is 0. The molecule has 0 aromatic carbocycles. The topological polar surface area (TPSA) is 68.0 Å². The van der Waals surface area contributed by atoms with Crippen LogP contribution in [0.2, 0.25) is 0 Å². The normalized spacial score (nSPS) is 17.8.